The number of hydrogen-bond donors (Lipinski definition) is 1. The first kappa shape index (κ1) is 16.8. The molecule has 0 bridgehead atoms. The van der Waals surface area contributed by atoms with Gasteiger partial charge < -0.3 is 10.2 Å². The molecule has 6 nitrogen and oxygen atoms in total. The minimum absolute atomic E-state index is 0.00361. The normalized spacial score (nSPS) is 20.0. The zero-order valence-electron chi connectivity index (χ0n) is 14.8. The third-order valence-electron chi connectivity index (χ3n) is 5.11. The Bertz CT molecular complexity index is 829. The third-order valence-corrected chi connectivity index (χ3v) is 5.11. The first-order chi connectivity index (χ1) is 12.7. The van der Waals surface area contributed by atoms with Crippen LogP contribution in [0.15, 0.2) is 47.4 Å². The number of amides is 1. The lowest BCUT2D eigenvalue weighted by Crippen LogP contribution is -2.44. The largest absolute Gasteiger partial charge is 0.369 e. The Kier molecular flexibility index (Phi) is 4.73. The molecule has 1 aromatic heterocycles. The van der Waals surface area contributed by atoms with Gasteiger partial charge >= 0.3 is 0 Å². The fourth-order valence-electron chi connectivity index (χ4n) is 3.44. The van der Waals surface area contributed by atoms with E-state index in [1.165, 1.54) is 4.68 Å². The van der Waals surface area contributed by atoms with Gasteiger partial charge in [-0.3, -0.25) is 9.59 Å². The third kappa shape index (κ3) is 3.95. The molecule has 1 N–H and O–H groups in total. The van der Waals surface area contributed by atoms with Gasteiger partial charge in [0.2, 0.25) is 5.91 Å². The van der Waals surface area contributed by atoms with E-state index in [-0.39, 0.29) is 17.4 Å². The predicted molar refractivity (Wildman–Crippen MR) is 100 cm³/mol. The van der Waals surface area contributed by atoms with Gasteiger partial charge in [-0.25, -0.2) is 4.68 Å². The molecule has 2 aromatic rings. The number of rotatable bonds is 5. The van der Waals surface area contributed by atoms with Crippen molar-refractivity contribution in [1.82, 2.24) is 15.1 Å². The van der Waals surface area contributed by atoms with Crippen molar-refractivity contribution < 1.29 is 4.79 Å². The summed E-state index contributed by atoms with van der Waals surface area (Å²) in [6.07, 6.45) is 5.81. The smallest absolute Gasteiger partial charge is 0.269 e. The molecular weight excluding hydrogens is 328 g/mol. The Balaban J connectivity index is 1.44. The number of carbonyl (C=O) groups excluding carboxylic acids is 1. The molecule has 6 heteroatoms. The number of aromatic nitrogens is 2. The van der Waals surface area contributed by atoms with Crippen molar-refractivity contribution >= 4 is 11.6 Å². The van der Waals surface area contributed by atoms with Gasteiger partial charge in [0.05, 0.1) is 24.3 Å². The molecule has 26 heavy (non-hydrogen) atoms. The van der Waals surface area contributed by atoms with Gasteiger partial charge in [-0.1, -0.05) is 30.3 Å². The summed E-state index contributed by atoms with van der Waals surface area (Å²) in [5, 5.41) is 7.44. The maximum Gasteiger partial charge on any atom is 0.269 e. The monoisotopic (exact) mass is 352 g/mol. The lowest BCUT2D eigenvalue weighted by atomic mass is 9.97. The van der Waals surface area contributed by atoms with Crippen molar-refractivity contribution in [1.29, 1.82) is 0 Å². The number of carbonyl (C=O) groups is 1. The molecule has 1 aromatic carbocycles. The van der Waals surface area contributed by atoms with Crippen LogP contribution in [0.5, 0.6) is 0 Å². The Labute approximate surface area is 152 Å². The highest BCUT2D eigenvalue weighted by Crippen LogP contribution is 2.24. The van der Waals surface area contributed by atoms with Crippen LogP contribution in [0.1, 0.15) is 31.2 Å². The van der Waals surface area contributed by atoms with Gasteiger partial charge in [-0.05, 0) is 31.2 Å². The Morgan fingerprint density at radius 1 is 1.19 bits per heavy atom. The topological polar surface area (TPSA) is 67.2 Å². The Hall–Kier alpha value is -2.63. The summed E-state index contributed by atoms with van der Waals surface area (Å²) in [6, 6.07) is 11.9. The van der Waals surface area contributed by atoms with Gasteiger partial charge in [0.1, 0.15) is 0 Å². The molecule has 0 spiro atoms. The first-order valence-electron chi connectivity index (χ1n) is 9.35. The van der Waals surface area contributed by atoms with Crippen molar-refractivity contribution in [3.05, 3.63) is 58.5 Å². The summed E-state index contributed by atoms with van der Waals surface area (Å²) in [6.45, 7) is 1.98. The average molecular weight is 352 g/mol. The summed E-state index contributed by atoms with van der Waals surface area (Å²) in [5.41, 5.74) is 1.74. The second-order valence-corrected chi connectivity index (χ2v) is 7.26. The standard InChI is InChI=1S/C20H24N4O2/c25-19-11-18(12-21-24(19)13-15-5-2-1-3-6-15)23-10-4-7-16(14-23)20(26)22-17-8-9-17/h1-3,5-6,11-12,16-17H,4,7-10,13-14H2,(H,22,26). The fourth-order valence-corrected chi connectivity index (χ4v) is 3.44. The van der Waals surface area contributed by atoms with Crippen molar-refractivity contribution in [2.24, 2.45) is 5.92 Å². The van der Waals surface area contributed by atoms with Crippen molar-refractivity contribution in [2.75, 3.05) is 18.0 Å². The lowest BCUT2D eigenvalue weighted by molar-refractivity contribution is -0.125. The fraction of sp³-hybridized carbons (Fsp3) is 0.450. The van der Waals surface area contributed by atoms with E-state index in [0.29, 0.717) is 19.1 Å². The minimum atomic E-state index is -0.115. The minimum Gasteiger partial charge on any atom is -0.369 e. The van der Waals surface area contributed by atoms with Gasteiger partial charge in [0.25, 0.3) is 5.56 Å². The van der Waals surface area contributed by atoms with E-state index in [1.807, 2.05) is 30.3 Å². The van der Waals surface area contributed by atoms with E-state index in [1.54, 1.807) is 12.3 Å². The summed E-state index contributed by atoms with van der Waals surface area (Å²) in [4.78, 5) is 26.9. The highest BCUT2D eigenvalue weighted by atomic mass is 16.2. The number of nitrogens with one attached hydrogen (secondary N) is 1. The molecule has 2 heterocycles. The maximum absolute atomic E-state index is 12.5. The molecule has 2 aliphatic rings. The van der Waals surface area contributed by atoms with Gasteiger partial charge in [-0.15, -0.1) is 0 Å². The summed E-state index contributed by atoms with van der Waals surface area (Å²) in [7, 11) is 0. The molecule has 2 fully saturated rings. The molecule has 1 saturated carbocycles. The van der Waals surface area contributed by atoms with Crippen LogP contribution in [0.3, 0.4) is 0 Å². The van der Waals surface area contributed by atoms with Gasteiger partial charge in [-0.2, -0.15) is 5.10 Å². The quantitative estimate of drug-likeness (QED) is 0.891. The van der Waals surface area contributed by atoms with E-state index in [2.05, 4.69) is 15.3 Å². The van der Waals surface area contributed by atoms with Crippen LogP contribution in [0, 0.1) is 5.92 Å². The number of benzene rings is 1. The Morgan fingerprint density at radius 3 is 2.73 bits per heavy atom. The number of nitrogens with zero attached hydrogens (tertiary/aromatic N) is 3. The van der Waals surface area contributed by atoms with Gasteiger partial charge in [0.15, 0.2) is 0 Å². The zero-order valence-corrected chi connectivity index (χ0v) is 14.8. The van der Waals surface area contributed by atoms with E-state index >= 15 is 0 Å². The molecule has 4 rings (SSSR count). The van der Waals surface area contributed by atoms with E-state index in [0.717, 1.165) is 43.5 Å². The van der Waals surface area contributed by atoms with Crippen molar-refractivity contribution in [3.63, 3.8) is 0 Å². The Morgan fingerprint density at radius 2 is 2.00 bits per heavy atom. The average Bonchev–Trinajstić information content (AvgIpc) is 3.48. The SMILES string of the molecule is O=C(NC1CC1)C1CCCN(c2cnn(Cc3ccccc3)c(=O)c2)C1. The molecule has 1 atom stereocenters. The van der Waals surface area contributed by atoms with Crippen LogP contribution >= 0.6 is 0 Å². The maximum atomic E-state index is 12.5. The highest BCUT2D eigenvalue weighted by Gasteiger charge is 2.30. The van der Waals surface area contributed by atoms with Crippen LogP contribution in [0.2, 0.25) is 0 Å². The molecule has 1 amide bonds. The zero-order chi connectivity index (χ0) is 17.9. The van der Waals surface area contributed by atoms with Crippen LogP contribution < -0.4 is 15.8 Å². The second-order valence-electron chi connectivity index (χ2n) is 7.26. The number of hydrogen-bond acceptors (Lipinski definition) is 4. The molecule has 136 valence electrons. The van der Waals surface area contributed by atoms with Crippen LogP contribution in [-0.2, 0) is 11.3 Å². The highest BCUT2D eigenvalue weighted by molar-refractivity contribution is 5.80. The number of anilines is 1. The molecular formula is C20H24N4O2. The number of piperidine rings is 1. The van der Waals surface area contributed by atoms with E-state index in [4.69, 9.17) is 0 Å². The molecule has 1 unspecified atom stereocenters. The van der Waals surface area contributed by atoms with Crippen molar-refractivity contribution in [2.45, 2.75) is 38.3 Å². The summed E-state index contributed by atoms with van der Waals surface area (Å²) in [5.74, 6) is 0.152. The molecule has 1 aliphatic carbocycles. The first-order valence-corrected chi connectivity index (χ1v) is 9.35. The predicted octanol–water partition coefficient (Wildman–Crippen LogP) is 1.79. The second kappa shape index (κ2) is 7.32. The summed E-state index contributed by atoms with van der Waals surface area (Å²) >= 11 is 0. The van der Waals surface area contributed by atoms with Crippen LogP contribution in [0.4, 0.5) is 5.69 Å². The molecule has 0 radical (unpaired) electrons. The van der Waals surface area contributed by atoms with Crippen LogP contribution in [-0.4, -0.2) is 34.8 Å². The molecule has 1 aliphatic heterocycles. The molecule has 1 saturated heterocycles. The van der Waals surface area contributed by atoms with E-state index < -0.39 is 0 Å². The lowest BCUT2D eigenvalue weighted by Gasteiger charge is -2.33. The van der Waals surface area contributed by atoms with Crippen LogP contribution in [0.25, 0.3) is 0 Å². The van der Waals surface area contributed by atoms with Crippen molar-refractivity contribution in [3.8, 4) is 0 Å². The van der Waals surface area contributed by atoms with E-state index in [9.17, 15) is 9.59 Å². The van der Waals surface area contributed by atoms with Gasteiger partial charge in [0, 0.05) is 25.2 Å². The summed E-state index contributed by atoms with van der Waals surface area (Å²) < 4.78 is 1.47.